The summed E-state index contributed by atoms with van der Waals surface area (Å²) in [5.74, 6) is -0.705. The molecule has 1 N–H and O–H groups in total. The monoisotopic (exact) mass is 475 g/mol. The molecule has 3 aromatic rings. The number of nitrogens with one attached hydrogen (secondary N) is 1. The molecule has 0 saturated carbocycles. The SMILES string of the molecule is CCc1ccc(NC(=O)C[C@@H]2C(=O)N(c3ccc(OC)cc3)C(=O)N2Cc2ccc(F)cc2)cc1. The molecule has 1 aliphatic heterocycles. The van der Waals surface area contributed by atoms with Gasteiger partial charge in [-0.1, -0.05) is 31.2 Å². The van der Waals surface area contributed by atoms with Gasteiger partial charge in [0.1, 0.15) is 17.6 Å². The zero-order chi connectivity index (χ0) is 24.9. The predicted molar refractivity (Wildman–Crippen MR) is 131 cm³/mol. The Labute approximate surface area is 203 Å². The van der Waals surface area contributed by atoms with E-state index in [1.807, 2.05) is 19.1 Å². The highest BCUT2D eigenvalue weighted by Crippen LogP contribution is 2.30. The summed E-state index contributed by atoms with van der Waals surface area (Å²) in [4.78, 5) is 42.0. The van der Waals surface area contributed by atoms with E-state index in [9.17, 15) is 18.8 Å². The molecule has 0 aromatic heterocycles. The second-order valence-corrected chi connectivity index (χ2v) is 8.23. The molecule has 0 radical (unpaired) electrons. The Bertz CT molecular complexity index is 1210. The van der Waals surface area contributed by atoms with E-state index in [4.69, 9.17) is 4.74 Å². The highest BCUT2D eigenvalue weighted by atomic mass is 19.1. The number of halogens is 1. The van der Waals surface area contributed by atoms with Crippen LogP contribution in [0.1, 0.15) is 24.5 Å². The number of nitrogens with zero attached hydrogens (tertiary/aromatic N) is 2. The summed E-state index contributed by atoms with van der Waals surface area (Å²) in [5, 5.41) is 2.80. The van der Waals surface area contributed by atoms with Crippen LogP contribution in [0, 0.1) is 5.82 Å². The minimum atomic E-state index is -1.01. The zero-order valence-electron chi connectivity index (χ0n) is 19.5. The Balaban J connectivity index is 1.58. The summed E-state index contributed by atoms with van der Waals surface area (Å²) < 4.78 is 18.5. The average molecular weight is 476 g/mol. The topological polar surface area (TPSA) is 79.0 Å². The zero-order valence-corrected chi connectivity index (χ0v) is 19.5. The highest BCUT2D eigenvalue weighted by molar-refractivity contribution is 6.22. The van der Waals surface area contributed by atoms with E-state index in [2.05, 4.69) is 5.32 Å². The molecule has 1 atom stereocenters. The van der Waals surface area contributed by atoms with Gasteiger partial charge >= 0.3 is 6.03 Å². The van der Waals surface area contributed by atoms with Crippen molar-refractivity contribution in [3.05, 3.63) is 89.7 Å². The lowest BCUT2D eigenvalue weighted by Crippen LogP contribution is -2.37. The van der Waals surface area contributed by atoms with Crippen molar-refractivity contribution in [1.82, 2.24) is 4.90 Å². The summed E-state index contributed by atoms with van der Waals surface area (Å²) in [6.07, 6.45) is 0.667. The van der Waals surface area contributed by atoms with Gasteiger partial charge in [-0.15, -0.1) is 0 Å². The number of aryl methyl sites for hydroxylation is 1. The Morgan fingerprint density at radius 3 is 2.17 bits per heavy atom. The molecule has 1 heterocycles. The number of hydrogen-bond donors (Lipinski definition) is 1. The Morgan fingerprint density at radius 2 is 1.57 bits per heavy atom. The molecule has 0 spiro atoms. The van der Waals surface area contributed by atoms with Crippen molar-refractivity contribution in [2.45, 2.75) is 32.4 Å². The number of carbonyl (C=O) groups excluding carboxylic acids is 3. The summed E-state index contributed by atoms with van der Waals surface area (Å²) in [7, 11) is 1.52. The van der Waals surface area contributed by atoms with Crippen LogP contribution in [0.3, 0.4) is 0 Å². The van der Waals surface area contributed by atoms with Gasteiger partial charge in [0, 0.05) is 12.2 Å². The van der Waals surface area contributed by atoms with Crippen LogP contribution in [-0.4, -0.2) is 35.9 Å². The maximum Gasteiger partial charge on any atom is 0.332 e. The molecule has 35 heavy (non-hydrogen) atoms. The van der Waals surface area contributed by atoms with E-state index >= 15 is 0 Å². The molecule has 3 aromatic carbocycles. The van der Waals surface area contributed by atoms with Crippen molar-refractivity contribution in [3.8, 4) is 5.75 Å². The molecule has 180 valence electrons. The van der Waals surface area contributed by atoms with Gasteiger partial charge < -0.3 is 15.0 Å². The van der Waals surface area contributed by atoms with Gasteiger partial charge in [0.2, 0.25) is 5.91 Å². The van der Waals surface area contributed by atoms with Crippen molar-refractivity contribution < 1.29 is 23.5 Å². The third kappa shape index (κ3) is 5.32. The van der Waals surface area contributed by atoms with E-state index < -0.39 is 23.8 Å². The first-order valence-corrected chi connectivity index (χ1v) is 11.3. The number of benzene rings is 3. The lowest BCUT2D eigenvalue weighted by Gasteiger charge is -2.21. The fourth-order valence-corrected chi connectivity index (χ4v) is 3.98. The van der Waals surface area contributed by atoms with E-state index in [0.717, 1.165) is 16.9 Å². The number of imide groups is 1. The van der Waals surface area contributed by atoms with Gasteiger partial charge in [0.15, 0.2) is 0 Å². The second-order valence-electron chi connectivity index (χ2n) is 8.23. The molecule has 4 amide bonds. The van der Waals surface area contributed by atoms with Gasteiger partial charge in [-0.2, -0.15) is 0 Å². The fraction of sp³-hybridized carbons (Fsp3) is 0.222. The molecule has 1 saturated heterocycles. The van der Waals surface area contributed by atoms with Gasteiger partial charge in [0.25, 0.3) is 5.91 Å². The number of amides is 4. The van der Waals surface area contributed by atoms with Crippen molar-refractivity contribution in [3.63, 3.8) is 0 Å². The normalized spacial score (nSPS) is 15.5. The standard InChI is InChI=1S/C27H26FN3O4/c1-3-18-6-10-21(11-7-18)29-25(32)16-24-26(33)31(22-12-14-23(35-2)15-13-22)27(34)30(24)17-19-4-8-20(28)9-5-19/h4-15,24H,3,16-17H2,1-2H3,(H,29,32)/t24-/m1/s1. The fourth-order valence-electron chi connectivity index (χ4n) is 3.98. The molecular weight excluding hydrogens is 449 g/mol. The van der Waals surface area contributed by atoms with Crippen molar-refractivity contribution in [2.75, 3.05) is 17.3 Å². The van der Waals surface area contributed by atoms with E-state index in [1.165, 1.54) is 24.1 Å². The van der Waals surface area contributed by atoms with Crippen LogP contribution >= 0.6 is 0 Å². The summed E-state index contributed by atoms with van der Waals surface area (Å²) in [6.45, 7) is 2.10. The van der Waals surface area contributed by atoms with Crippen LogP contribution in [0.25, 0.3) is 0 Å². The maximum atomic E-state index is 13.4. The quantitative estimate of drug-likeness (QED) is 0.477. The Morgan fingerprint density at radius 1 is 0.943 bits per heavy atom. The number of urea groups is 1. The third-order valence-corrected chi connectivity index (χ3v) is 5.94. The molecule has 7 nitrogen and oxygen atoms in total. The molecule has 1 aliphatic rings. The minimum absolute atomic E-state index is 0.0562. The van der Waals surface area contributed by atoms with Crippen LogP contribution in [0.2, 0.25) is 0 Å². The molecule has 0 bridgehead atoms. The largest absolute Gasteiger partial charge is 0.497 e. The number of rotatable bonds is 8. The van der Waals surface area contributed by atoms with Crippen LogP contribution < -0.4 is 15.0 Å². The first-order chi connectivity index (χ1) is 16.9. The first-order valence-electron chi connectivity index (χ1n) is 11.3. The van der Waals surface area contributed by atoms with Gasteiger partial charge in [-0.3, -0.25) is 9.59 Å². The van der Waals surface area contributed by atoms with Crippen molar-refractivity contribution in [2.24, 2.45) is 0 Å². The molecule has 0 aliphatic carbocycles. The minimum Gasteiger partial charge on any atom is -0.497 e. The Hall–Kier alpha value is -4.20. The van der Waals surface area contributed by atoms with Gasteiger partial charge in [0.05, 0.1) is 19.2 Å². The van der Waals surface area contributed by atoms with Crippen LogP contribution in [0.4, 0.5) is 20.6 Å². The lowest BCUT2D eigenvalue weighted by atomic mass is 10.1. The molecular formula is C27H26FN3O4. The number of methoxy groups -OCH3 is 1. The van der Waals surface area contributed by atoms with E-state index in [1.54, 1.807) is 48.5 Å². The predicted octanol–water partition coefficient (Wildman–Crippen LogP) is 4.76. The van der Waals surface area contributed by atoms with Gasteiger partial charge in [-0.25, -0.2) is 14.1 Å². The molecule has 4 rings (SSSR count). The van der Waals surface area contributed by atoms with E-state index in [-0.39, 0.29) is 18.9 Å². The average Bonchev–Trinajstić information content (AvgIpc) is 3.09. The van der Waals surface area contributed by atoms with Crippen LogP contribution in [-0.2, 0) is 22.6 Å². The summed E-state index contributed by atoms with van der Waals surface area (Å²) >= 11 is 0. The second kappa shape index (κ2) is 10.4. The molecule has 8 heteroatoms. The molecule has 0 unspecified atom stereocenters. The summed E-state index contributed by atoms with van der Waals surface area (Å²) in [5.41, 5.74) is 2.77. The van der Waals surface area contributed by atoms with Gasteiger partial charge in [-0.05, 0) is 66.1 Å². The van der Waals surface area contributed by atoms with Crippen molar-refractivity contribution in [1.29, 1.82) is 0 Å². The Kier molecular flexibility index (Phi) is 7.10. The smallest absolute Gasteiger partial charge is 0.332 e. The highest BCUT2D eigenvalue weighted by Gasteiger charge is 2.46. The number of ether oxygens (including phenoxy) is 1. The van der Waals surface area contributed by atoms with Crippen LogP contribution in [0.15, 0.2) is 72.8 Å². The number of carbonyl (C=O) groups is 3. The third-order valence-electron chi connectivity index (χ3n) is 5.94. The first kappa shape index (κ1) is 23.9. The number of anilines is 2. The van der Waals surface area contributed by atoms with E-state index in [0.29, 0.717) is 22.7 Å². The van der Waals surface area contributed by atoms with Crippen LogP contribution in [0.5, 0.6) is 5.75 Å². The van der Waals surface area contributed by atoms with Crippen molar-refractivity contribution >= 4 is 29.2 Å². The number of hydrogen-bond acceptors (Lipinski definition) is 4. The molecule has 1 fully saturated rings. The lowest BCUT2D eigenvalue weighted by molar-refractivity contribution is -0.124. The maximum absolute atomic E-state index is 13.4. The summed E-state index contributed by atoms with van der Waals surface area (Å²) in [6, 6.07) is 18.1.